The second-order valence-corrected chi connectivity index (χ2v) is 5.58. The van der Waals surface area contributed by atoms with Crippen molar-refractivity contribution in [2.75, 3.05) is 5.32 Å². The summed E-state index contributed by atoms with van der Waals surface area (Å²) in [6, 6.07) is 16.9. The van der Waals surface area contributed by atoms with Gasteiger partial charge in [-0.1, -0.05) is 24.1 Å². The molecule has 3 aromatic rings. The fourth-order valence-corrected chi connectivity index (χ4v) is 2.24. The highest BCUT2D eigenvalue weighted by Gasteiger charge is 2.04. The van der Waals surface area contributed by atoms with Crippen LogP contribution in [0.25, 0.3) is 0 Å². The Balaban J connectivity index is 1.66. The molecular weight excluding hydrogens is 310 g/mol. The predicted octanol–water partition coefficient (Wildman–Crippen LogP) is 3.37. The second-order valence-electron chi connectivity index (χ2n) is 5.58. The van der Waals surface area contributed by atoms with Crippen molar-refractivity contribution in [3.8, 4) is 11.8 Å². The topological polar surface area (TPSA) is 54.9 Å². The van der Waals surface area contributed by atoms with Gasteiger partial charge >= 0.3 is 0 Å². The molecule has 1 aromatic carbocycles. The van der Waals surface area contributed by atoms with E-state index in [2.05, 4.69) is 27.1 Å². The fourth-order valence-electron chi connectivity index (χ4n) is 2.24. The van der Waals surface area contributed by atoms with Gasteiger partial charge in [0.2, 0.25) is 5.91 Å². The summed E-state index contributed by atoms with van der Waals surface area (Å²) in [5, 5.41) is 2.89. The molecule has 0 saturated carbocycles. The lowest BCUT2D eigenvalue weighted by atomic mass is 10.1. The van der Waals surface area contributed by atoms with E-state index >= 15 is 0 Å². The van der Waals surface area contributed by atoms with Crippen LogP contribution in [0.15, 0.2) is 67.0 Å². The van der Waals surface area contributed by atoms with Crippen molar-refractivity contribution in [2.24, 2.45) is 0 Å². The Kier molecular flexibility index (Phi) is 5.18. The molecule has 0 aliphatic carbocycles. The number of benzene rings is 1. The van der Waals surface area contributed by atoms with Gasteiger partial charge in [-0.15, -0.1) is 0 Å². The van der Waals surface area contributed by atoms with E-state index in [0.717, 1.165) is 22.5 Å². The van der Waals surface area contributed by atoms with Gasteiger partial charge in [0.25, 0.3) is 0 Å². The lowest BCUT2D eigenvalue weighted by molar-refractivity contribution is -0.115. The zero-order valence-corrected chi connectivity index (χ0v) is 13.9. The van der Waals surface area contributed by atoms with E-state index in [1.54, 1.807) is 12.4 Å². The van der Waals surface area contributed by atoms with Crippen LogP contribution >= 0.6 is 0 Å². The van der Waals surface area contributed by atoms with Crippen molar-refractivity contribution < 1.29 is 4.79 Å². The number of hydrogen-bond acceptors (Lipinski definition) is 3. The summed E-state index contributed by atoms with van der Waals surface area (Å²) in [6.45, 7) is 1.92. The minimum atomic E-state index is -0.0829. The first kappa shape index (κ1) is 16.4. The molecule has 0 unspecified atom stereocenters. The number of pyridine rings is 2. The molecule has 2 heterocycles. The summed E-state index contributed by atoms with van der Waals surface area (Å²) in [6.07, 6.45) is 3.72. The van der Waals surface area contributed by atoms with Crippen LogP contribution in [0, 0.1) is 18.8 Å². The van der Waals surface area contributed by atoms with Crippen molar-refractivity contribution in [3.63, 3.8) is 0 Å². The molecule has 4 nitrogen and oxygen atoms in total. The van der Waals surface area contributed by atoms with E-state index < -0.39 is 0 Å². The monoisotopic (exact) mass is 327 g/mol. The molecule has 3 rings (SSSR count). The summed E-state index contributed by atoms with van der Waals surface area (Å²) in [5.41, 5.74) is 4.07. The zero-order chi connectivity index (χ0) is 17.5. The number of carbonyl (C=O) groups excluding carboxylic acids is 1. The third-order valence-corrected chi connectivity index (χ3v) is 3.48. The molecule has 0 spiro atoms. The maximum Gasteiger partial charge on any atom is 0.228 e. The maximum absolute atomic E-state index is 12.2. The van der Waals surface area contributed by atoms with E-state index in [1.807, 2.05) is 61.5 Å². The number of nitrogens with one attached hydrogen (secondary N) is 1. The van der Waals surface area contributed by atoms with Gasteiger partial charge in [0, 0.05) is 29.3 Å². The average Bonchev–Trinajstić information content (AvgIpc) is 2.63. The Morgan fingerprint density at radius 2 is 1.96 bits per heavy atom. The predicted molar refractivity (Wildman–Crippen MR) is 98.0 cm³/mol. The van der Waals surface area contributed by atoms with Gasteiger partial charge in [-0.2, -0.15) is 0 Å². The molecule has 25 heavy (non-hydrogen) atoms. The highest BCUT2D eigenvalue weighted by Crippen LogP contribution is 2.11. The summed E-state index contributed by atoms with van der Waals surface area (Å²) in [7, 11) is 0. The molecule has 0 bridgehead atoms. The molecular formula is C21H17N3O. The van der Waals surface area contributed by atoms with E-state index in [9.17, 15) is 4.79 Å². The molecule has 0 saturated heterocycles. The summed E-state index contributed by atoms with van der Waals surface area (Å²) in [4.78, 5) is 20.5. The smallest absolute Gasteiger partial charge is 0.228 e. The largest absolute Gasteiger partial charge is 0.326 e. The summed E-state index contributed by atoms with van der Waals surface area (Å²) in [5.74, 6) is 5.98. The van der Waals surface area contributed by atoms with Crippen LogP contribution in [0.1, 0.15) is 22.5 Å². The average molecular weight is 327 g/mol. The highest BCUT2D eigenvalue weighted by atomic mass is 16.1. The van der Waals surface area contributed by atoms with E-state index in [4.69, 9.17) is 0 Å². The Hall–Kier alpha value is -3.45. The maximum atomic E-state index is 12.2. The minimum Gasteiger partial charge on any atom is -0.326 e. The third-order valence-electron chi connectivity index (χ3n) is 3.48. The van der Waals surface area contributed by atoms with Gasteiger partial charge in [0.15, 0.2) is 0 Å². The first-order chi connectivity index (χ1) is 12.2. The van der Waals surface area contributed by atoms with Crippen molar-refractivity contribution in [3.05, 3.63) is 89.5 Å². The Morgan fingerprint density at radius 1 is 1.04 bits per heavy atom. The lowest BCUT2D eigenvalue weighted by Gasteiger charge is -2.06. The molecule has 0 atom stereocenters. The molecule has 0 radical (unpaired) electrons. The quantitative estimate of drug-likeness (QED) is 0.751. The third kappa shape index (κ3) is 5.02. The molecule has 1 N–H and O–H groups in total. The van der Waals surface area contributed by atoms with Gasteiger partial charge in [0.1, 0.15) is 5.69 Å². The van der Waals surface area contributed by atoms with Gasteiger partial charge in [0.05, 0.1) is 6.42 Å². The Labute approximate surface area is 147 Å². The van der Waals surface area contributed by atoms with Crippen LogP contribution in [-0.4, -0.2) is 15.9 Å². The number of rotatable bonds is 3. The van der Waals surface area contributed by atoms with E-state index in [-0.39, 0.29) is 12.3 Å². The number of amides is 1. The van der Waals surface area contributed by atoms with Gasteiger partial charge in [-0.05, 0) is 54.8 Å². The fraction of sp³-hybridized carbons (Fsp3) is 0.0952. The van der Waals surface area contributed by atoms with Gasteiger partial charge in [-0.25, -0.2) is 4.98 Å². The van der Waals surface area contributed by atoms with Crippen LogP contribution in [0.4, 0.5) is 5.69 Å². The molecule has 0 aliphatic rings. The van der Waals surface area contributed by atoms with E-state index in [0.29, 0.717) is 5.69 Å². The Morgan fingerprint density at radius 3 is 2.72 bits per heavy atom. The molecule has 4 heteroatoms. The van der Waals surface area contributed by atoms with Crippen molar-refractivity contribution in [1.82, 2.24) is 9.97 Å². The van der Waals surface area contributed by atoms with Gasteiger partial charge < -0.3 is 5.32 Å². The standard InChI is InChI=1S/C21H17N3O/c1-16-8-9-18(15-23-16)14-21(25)24-20-7-4-5-17(13-20)10-11-19-6-2-3-12-22-19/h2-9,12-13,15H,14H2,1H3,(H,24,25). The highest BCUT2D eigenvalue weighted by molar-refractivity contribution is 5.92. The van der Waals surface area contributed by atoms with Crippen LogP contribution in [0.3, 0.4) is 0 Å². The minimum absolute atomic E-state index is 0.0829. The van der Waals surface area contributed by atoms with Gasteiger partial charge in [-0.3, -0.25) is 9.78 Å². The number of anilines is 1. The van der Waals surface area contributed by atoms with Crippen LogP contribution < -0.4 is 5.32 Å². The van der Waals surface area contributed by atoms with Crippen LogP contribution in [0.2, 0.25) is 0 Å². The summed E-state index contributed by atoms with van der Waals surface area (Å²) < 4.78 is 0. The number of aryl methyl sites for hydroxylation is 1. The number of aromatic nitrogens is 2. The summed E-state index contributed by atoms with van der Waals surface area (Å²) >= 11 is 0. The van der Waals surface area contributed by atoms with Crippen molar-refractivity contribution >= 4 is 11.6 Å². The van der Waals surface area contributed by atoms with Crippen LogP contribution in [0.5, 0.6) is 0 Å². The van der Waals surface area contributed by atoms with E-state index in [1.165, 1.54) is 0 Å². The second kappa shape index (κ2) is 7.89. The van der Waals surface area contributed by atoms with Crippen molar-refractivity contribution in [1.29, 1.82) is 0 Å². The first-order valence-electron chi connectivity index (χ1n) is 7.93. The molecule has 0 aliphatic heterocycles. The van der Waals surface area contributed by atoms with Crippen LogP contribution in [-0.2, 0) is 11.2 Å². The number of hydrogen-bond donors (Lipinski definition) is 1. The SMILES string of the molecule is Cc1ccc(CC(=O)Nc2cccc(C#Cc3ccccn3)c2)cn1. The van der Waals surface area contributed by atoms with Crippen molar-refractivity contribution in [2.45, 2.75) is 13.3 Å². The zero-order valence-electron chi connectivity index (χ0n) is 13.9. The molecule has 0 fully saturated rings. The molecule has 2 aromatic heterocycles. The lowest BCUT2D eigenvalue weighted by Crippen LogP contribution is -2.14. The normalized spacial score (nSPS) is 9.80. The number of carbonyl (C=O) groups is 1. The Bertz CT molecular complexity index is 923. The first-order valence-corrected chi connectivity index (χ1v) is 7.93. The number of nitrogens with zero attached hydrogens (tertiary/aromatic N) is 2. The molecule has 1 amide bonds. The molecule has 122 valence electrons.